The number of nitrogens with one attached hydrogen (secondary N) is 2. The van der Waals surface area contributed by atoms with Crippen LogP contribution in [-0.2, 0) is 0 Å². The summed E-state index contributed by atoms with van der Waals surface area (Å²) in [6.45, 7) is 3.27. The number of nitrogens with zero attached hydrogens (tertiary/aromatic N) is 3. The molecular weight excluding hydrogens is 262 g/mol. The Bertz CT molecular complexity index is 567. The lowest BCUT2D eigenvalue weighted by Crippen LogP contribution is -2.21. The van der Waals surface area contributed by atoms with Crippen molar-refractivity contribution >= 4 is 28.6 Å². The fourth-order valence-corrected chi connectivity index (χ4v) is 3.09. The van der Waals surface area contributed by atoms with Crippen molar-refractivity contribution in [3.63, 3.8) is 0 Å². The van der Waals surface area contributed by atoms with Crippen LogP contribution in [-0.4, -0.2) is 26.5 Å². The van der Waals surface area contributed by atoms with Crippen molar-refractivity contribution in [1.29, 1.82) is 0 Å². The van der Waals surface area contributed by atoms with Crippen LogP contribution in [0, 0.1) is 11.8 Å². The first kappa shape index (κ1) is 12.7. The van der Waals surface area contributed by atoms with Gasteiger partial charge in [-0.3, -0.25) is 0 Å². The Labute approximate surface area is 117 Å². The summed E-state index contributed by atoms with van der Waals surface area (Å²) < 4.78 is 0. The van der Waals surface area contributed by atoms with E-state index in [-0.39, 0.29) is 5.28 Å². The van der Waals surface area contributed by atoms with E-state index in [1.54, 1.807) is 6.33 Å². The zero-order valence-electron chi connectivity index (χ0n) is 11.0. The first-order valence-electron chi connectivity index (χ1n) is 6.83. The van der Waals surface area contributed by atoms with Crippen LogP contribution in [0.15, 0.2) is 6.33 Å². The molecule has 2 heterocycles. The molecule has 5 nitrogen and oxygen atoms in total. The van der Waals surface area contributed by atoms with Gasteiger partial charge in [-0.1, -0.05) is 19.8 Å². The molecule has 1 aliphatic carbocycles. The average Bonchev–Trinajstić information content (AvgIpc) is 2.84. The van der Waals surface area contributed by atoms with Gasteiger partial charge in [0.15, 0.2) is 11.5 Å². The minimum Gasteiger partial charge on any atom is -0.368 e. The summed E-state index contributed by atoms with van der Waals surface area (Å²) in [4.78, 5) is 15.5. The lowest BCUT2D eigenvalue weighted by atomic mass is 9.82. The zero-order chi connectivity index (χ0) is 13.2. The maximum absolute atomic E-state index is 5.91. The van der Waals surface area contributed by atoms with E-state index in [0.29, 0.717) is 5.65 Å². The number of imidazole rings is 1. The van der Waals surface area contributed by atoms with E-state index in [4.69, 9.17) is 11.6 Å². The predicted molar refractivity (Wildman–Crippen MR) is 76.3 cm³/mol. The van der Waals surface area contributed by atoms with Gasteiger partial charge in [0, 0.05) is 6.54 Å². The number of halogens is 1. The number of rotatable bonds is 3. The fourth-order valence-electron chi connectivity index (χ4n) is 2.92. The van der Waals surface area contributed by atoms with Gasteiger partial charge in [-0.15, -0.1) is 0 Å². The minimum absolute atomic E-state index is 0.235. The highest BCUT2D eigenvalue weighted by Crippen LogP contribution is 2.29. The van der Waals surface area contributed by atoms with Gasteiger partial charge in [-0.2, -0.15) is 9.97 Å². The van der Waals surface area contributed by atoms with Gasteiger partial charge in [0.05, 0.1) is 6.33 Å². The van der Waals surface area contributed by atoms with E-state index < -0.39 is 0 Å². The molecule has 2 atom stereocenters. The average molecular weight is 280 g/mol. The van der Waals surface area contributed by atoms with E-state index in [9.17, 15) is 0 Å². The molecule has 19 heavy (non-hydrogen) atoms. The van der Waals surface area contributed by atoms with Gasteiger partial charge in [0.25, 0.3) is 0 Å². The topological polar surface area (TPSA) is 66.5 Å². The van der Waals surface area contributed by atoms with E-state index >= 15 is 0 Å². The molecule has 2 unspecified atom stereocenters. The summed E-state index contributed by atoms with van der Waals surface area (Å²) in [5.41, 5.74) is 1.44. The first-order valence-corrected chi connectivity index (χ1v) is 7.20. The normalized spacial score (nSPS) is 23.7. The molecular formula is C13H18ClN5. The van der Waals surface area contributed by atoms with Gasteiger partial charge in [0.1, 0.15) is 5.52 Å². The summed E-state index contributed by atoms with van der Waals surface area (Å²) in [7, 11) is 0. The van der Waals surface area contributed by atoms with Crippen LogP contribution >= 0.6 is 11.6 Å². The Morgan fingerprint density at radius 3 is 3.16 bits per heavy atom. The van der Waals surface area contributed by atoms with Crippen LogP contribution in [0.4, 0.5) is 5.82 Å². The van der Waals surface area contributed by atoms with Gasteiger partial charge in [-0.05, 0) is 36.3 Å². The number of H-pyrrole nitrogens is 1. The fraction of sp³-hybridized carbons (Fsp3) is 0.615. The summed E-state index contributed by atoms with van der Waals surface area (Å²) >= 11 is 5.91. The van der Waals surface area contributed by atoms with Crippen molar-refractivity contribution in [2.75, 3.05) is 11.9 Å². The maximum atomic E-state index is 5.91. The minimum atomic E-state index is 0.235. The molecule has 3 rings (SSSR count). The summed E-state index contributed by atoms with van der Waals surface area (Å²) in [6.07, 6.45) is 6.89. The van der Waals surface area contributed by atoms with Crippen molar-refractivity contribution in [1.82, 2.24) is 19.9 Å². The van der Waals surface area contributed by atoms with Gasteiger partial charge < -0.3 is 10.3 Å². The second kappa shape index (κ2) is 5.33. The summed E-state index contributed by atoms with van der Waals surface area (Å²) in [5, 5.41) is 3.63. The van der Waals surface area contributed by atoms with Gasteiger partial charge >= 0.3 is 0 Å². The van der Waals surface area contributed by atoms with Gasteiger partial charge in [0.2, 0.25) is 5.28 Å². The number of aromatic nitrogens is 4. The quantitative estimate of drug-likeness (QED) is 0.847. The lowest BCUT2D eigenvalue weighted by Gasteiger charge is -2.26. The highest BCUT2D eigenvalue weighted by molar-refractivity contribution is 6.28. The lowest BCUT2D eigenvalue weighted by molar-refractivity contribution is 0.293. The SMILES string of the molecule is CC1CCCC(CNc2nc(Cl)nc3nc[nH]c23)C1. The molecule has 102 valence electrons. The Morgan fingerprint density at radius 2 is 2.32 bits per heavy atom. The third-order valence-corrected chi connectivity index (χ3v) is 4.03. The molecule has 0 bridgehead atoms. The highest BCUT2D eigenvalue weighted by Gasteiger charge is 2.19. The largest absolute Gasteiger partial charge is 0.368 e. The van der Waals surface area contributed by atoms with Crippen molar-refractivity contribution in [3.05, 3.63) is 11.6 Å². The predicted octanol–water partition coefficient (Wildman–Crippen LogP) is 3.24. The van der Waals surface area contributed by atoms with Crippen LogP contribution in [0.3, 0.4) is 0 Å². The molecule has 2 aromatic rings. The van der Waals surface area contributed by atoms with Crippen molar-refractivity contribution in [3.8, 4) is 0 Å². The van der Waals surface area contributed by atoms with Crippen LogP contribution in [0.1, 0.15) is 32.6 Å². The van der Waals surface area contributed by atoms with Crippen LogP contribution in [0.5, 0.6) is 0 Å². The Balaban J connectivity index is 1.72. The van der Waals surface area contributed by atoms with E-state index in [1.807, 2.05) is 0 Å². The van der Waals surface area contributed by atoms with Crippen LogP contribution in [0.2, 0.25) is 5.28 Å². The summed E-state index contributed by atoms with van der Waals surface area (Å²) in [6, 6.07) is 0. The Kier molecular flexibility index (Phi) is 3.55. The Morgan fingerprint density at radius 1 is 1.42 bits per heavy atom. The second-order valence-electron chi connectivity index (χ2n) is 5.46. The molecule has 0 radical (unpaired) electrons. The Hall–Kier alpha value is -1.36. The molecule has 1 saturated carbocycles. The molecule has 0 saturated heterocycles. The smallest absolute Gasteiger partial charge is 0.226 e. The van der Waals surface area contributed by atoms with Gasteiger partial charge in [-0.25, -0.2) is 4.98 Å². The molecule has 2 N–H and O–H groups in total. The molecule has 0 aromatic carbocycles. The third kappa shape index (κ3) is 2.81. The molecule has 0 spiro atoms. The third-order valence-electron chi connectivity index (χ3n) is 3.86. The summed E-state index contributed by atoms with van der Waals surface area (Å²) in [5.74, 6) is 2.31. The molecule has 0 amide bonds. The van der Waals surface area contributed by atoms with E-state index in [1.165, 1.54) is 25.7 Å². The molecule has 1 fully saturated rings. The number of hydrogen-bond acceptors (Lipinski definition) is 4. The van der Waals surface area contributed by atoms with Crippen LogP contribution < -0.4 is 5.32 Å². The zero-order valence-corrected chi connectivity index (χ0v) is 11.7. The van der Waals surface area contributed by atoms with E-state index in [2.05, 4.69) is 32.2 Å². The first-order chi connectivity index (χ1) is 9.22. The molecule has 2 aromatic heterocycles. The number of hydrogen-bond donors (Lipinski definition) is 2. The van der Waals surface area contributed by atoms with E-state index in [0.717, 1.165) is 29.7 Å². The molecule has 0 aliphatic heterocycles. The van der Waals surface area contributed by atoms with Crippen molar-refractivity contribution < 1.29 is 0 Å². The second-order valence-corrected chi connectivity index (χ2v) is 5.80. The maximum Gasteiger partial charge on any atom is 0.226 e. The molecule has 1 aliphatic rings. The molecule has 6 heteroatoms. The number of aromatic amines is 1. The number of fused-ring (bicyclic) bond motifs is 1. The number of anilines is 1. The highest BCUT2D eigenvalue weighted by atomic mass is 35.5. The van der Waals surface area contributed by atoms with Crippen molar-refractivity contribution in [2.45, 2.75) is 32.6 Å². The monoisotopic (exact) mass is 279 g/mol. The standard InChI is InChI=1S/C13H18ClN5/c1-8-3-2-4-9(5-8)6-15-11-10-12(17-7-16-10)19-13(14)18-11/h7-9H,2-6H2,1H3,(H2,15,16,17,18,19). The van der Waals surface area contributed by atoms with Crippen molar-refractivity contribution in [2.24, 2.45) is 11.8 Å². The van der Waals surface area contributed by atoms with Crippen LogP contribution in [0.25, 0.3) is 11.2 Å².